The van der Waals surface area contributed by atoms with Crippen molar-refractivity contribution in [2.24, 2.45) is 0 Å². The zero-order valence-electron chi connectivity index (χ0n) is 16.7. The van der Waals surface area contributed by atoms with Crippen molar-refractivity contribution in [1.29, 1.82) is 0 Å². The minimum Gasteiger partial charge on any atom is -0.306 e. The van der Waals surface area contributed by atoms with Crippen molar-refractivity contribution >= 4 is 28.3 Å². The summed E-state index contributed by atoms with van der Waals surface area (Å²) in [5, 5.41) is 19.5. The summed E-state index contributed by atoms with van der Waals surface area (Å²) in [6.45, 7) is 5.79. The van der Waals surface area contributed by atoms with Gasteiger partial charge < -0.3 is 5.32 Å². The van der Waals surface area contributed by atoms with Crippen LogP contribution in [0, 0.1) is 30.9 Å². The number of para-hydroxylation sites is 2. The molecule has 30 heavy (non-hydrogen) atoms. The number of carbonyl (C=O) groups is 1. The first-order chi connectivity index (χ1) is 14.3. The van der Waals surface area contributed by atoms with E-state index < -0.39 is 10.8 Å². The molecule has 0 saturated heterocycles. The Morgan fingerprint density at radius 1 is 1.03 bits per heavy atom. The topological polar surface area (TPSA) is 103 Å². The number of nitrogens with zero attached hydrogens (tertiary/aromatic N) is 4. The molecule has 0 aliphatic rings. The number of hydrogen-bond donors (Lipinski definition) is 1. The molecule has 0 aliphatic heterocycles. The number of aromatic nitrogens is 3. The third-order valence-corrected chi connectivity index (χ3v) is 4.87. The lowest BCUT2D eigenvalue weighted by Crippen LogP contribution is -2.17. The number of aryl methyl sites for hydroxylation is 3. The van der Waals surface area contributed by atoms with Crippen molar-refractivity contribution in [1.82, 2.24) is 14.8 Å². The summed E-state index contributed by atoms with van der Waals surface area (Å²) < 4.78 is 1.54. The summed E-state index contributed by atoms with van der Waals surface area (Å²) in [7, 11) is 0. The van der Waals surface area contributed by atoms with Gasteiger partial charge in [0.1, 0.15) is 11.4 Å². The largest absolute Gasteiger partial charge is 0.306 e. The maximum absolute atomic E-state index is 12.8. The summed E-state index contributed by atoms with van der Waals surface area (Å²) >= 11 is 0. The fourth-order valence-corrected chi connectivity index (χ4v) is 3.42. The van der Waals surface area contributed by atoms with Crippen LogP contribution in [0.25, 0.3) is 16.7 Å². The van der Waals surface area contributed by atoms with Gasteiger partial charge in [-0.2, -0.15) is 9.78 Å². The molecule has 0 radical (unpaired) electrons. The maximum atomic E-state index is 12.8. The van der Waals surface area contributed by atoms with Gasteiger partial charge in [-0.3, -0.25) is 14.9 Å². The molecule has 4 rings (SSSR count). The Morgan fingerprint density at radius 3 is 2.57 bits per heavy atom. The molecule has 2 heterocycles. The molecule has 0 atom stereocenters. The zero-order chi connectivity index (χ0) is 21.4. The number of hydrogen-bond acceptors (Lipinski definition) is 5. The quantitative estimate of drug-likeness (QED) is 0.400. The number of pyridine rings is 1. The molecule has 4 aromatic rings. The molecule has 0 fully saturated rings. The number of fused-ring (bicyclic) bond motifs is 1. The van der Waals surface area contributed by atoms with E-state index >= 15 is 0 Å². The lowest BCUT2D eigenvalue weighted by molar-refractivity contribution is -0.385. The second-order valence-electron chi connectivity index (χ2n) is 7.08. The Labute approximate surface area is 172 Å². The Hall–Kier alpha value is -4.07. The number of nitro groups is 1. The standard InChI is InChI=1S/C22H19N5O3/c1-13-7-6-9-16-14(2)11-19(23-21(13)16)26-20(12-15(3)25-26)24-22(28)17-8-4-5-10-18(17)27(29)30/h4-12H,1-3H3,(H,24,28). The average Bonchev–Trinajstić information content (AvgIpc) is 3.08. The molecule has 2 aromatic heterocycles. The average molecular weight is 401 g/mol. The highest BCUT2D eigenvalue weighted by Gasteiger charge is 2.21. The number of rotatable bonds is 4. The number of nitrogens with one attached hydrogen (secondary N) is 1. The van der Waals surface area contributed by atoms with Crippen molar-refractivity contribution in [2.45, 2.75) is 20.8 Å². The molecule has 0 spiro atoms. The van der Waals surface area contributed by atoms with Crippen LogP contribution in [0.1, 0.15) is 27.2 Å². The Balaban J connectivity index is 1.78. The fraction of sp³-hybridized carbons (Fsp3) is 0.136. The van der Waals surface area contributed by atoms with Crippen LogP contribution in [0.3, 0.4) is 0 Å². The predicted molar refractivity (Wildman–Crippen MR) is 114 cm³/mol. The molecule has 2 aromatic carbocycles. The van der Waals surface area contributed by atoms with Crippen LogP contribution in [0.15, 0.2) is 54.6 Å². The molecule has 0 aliphatic carbocycles. The van der Waals surface area contributed by atoms with E-state index in [1.807, 2.05) is 38.1 Å². The summed E-state index contributed by atoms with van der Waals surface area (Å²) in [5.41, 5.74) is 3.32. The minimum atomic E-state index is -0.586. The molecule has 8 heteroatoms. The van der Waals surface area contributed by atoms with E-state index in [9.17, 15) is 14.9 Å². The molecule has 8 nitrogen and oxygen atoms in total. The van der Waals surface area contributed by atoms with Crippen LogP contribution in [0.4, 0.5) is 11.5 Å². The number of anilines is 1. The lowest BCUT2D eigenvalue weighted by Gasteiger charge is -2.12. The summed E-state index contributed by atoms with van der Waals surface area (Å²) in [6, 6.07) is 15.4. The Bertz CT molecular complexity index is 1310. The van der Waals surface area contributed by atoms with Crippen LogP contribution in [0.2, 0.25) is 0 Å². The van der Waals surface area contributed by atoms with E-state index in [2.05, 4.69) is 10.4 Å². The van der Waals surface area contributed by atoms with Gasteiger partial charge >= 0.3 is 0 Å². The van der Waals surface area contributed by atoms with Gasteiger partial charge in [-0.15, -0.1) is 0 Å². The molecular weight excluding hydrogens is 382 g/mol. The molecular formula is C22H19N5O3. The molecule has 1 N–H and O–H groups in total. The summed E-state index contributed by atoms with van der Waals surface area (Å²) in [4.78, 5) is 28.2. The first kappa shape index (κ1) is 19.3. The van der Waals surface area contributed by atoms with Gasteiger partial charge in [0.25, 0.3) is 11.6 Å². The molecule has 0 saturated carbocycles. The van der Waals surface area contributed by atoms with E-state index in [4.69, 9.17) is 4.98 Å². The lowest BCUT2D eigenvalue weighted by atomic mass is 10.1. The maximum Gasteiger partial charge on any atom is 0.282 e. The highest BCUT2D eigenvalue weighted by molar-refractivity contribution is 6.06. The summed E-state index contributed by atoms with van der Waals surface area (Å²) in [5.74, 6) is 0.355. The van der Waals surface area contributed by atoms with Gasteiger partial charge in [0.15, 0.2) is 5.82 Å². The van der Waals surface area contributed by atoms with Crippen molar-refractivity contribution < 1.29 is 9.72 Å². The van der Waals surface area contributed by atoms with Crippen molar-refractivity contribution in [3.05, 3.63) is 87.1 Å². The van der Waals surface area contributed by atoms with Gasteiger partial charge in [-0.05, 0) is 44.0 Å². The number of nitro benzene ring substituents is 1. The second kappa shape index (κ2) is 7.40. The van der Waals surface area contributed by atoms with Crippen molar-refractivity contribution in [3.63, 3.8) is 0 Å². The van der Waals surface area contributed by atoms with E-state index in [0.717, 1.165) is 22.0 Å². The molecule has 0 bridgehead atoms. The normalized spacial score (nSPS) is 10.9. The first-order valence-corrected chi connectivity index (χ1v) is 9.34. The molecule has 0 unspecified atom stereocenters. The van der Waals surface area contributed by atoms with Crippen molar-refractivity contribution in [3.8, 4) is 5.82 Å². The Morgan fingerprint density at radius 2 is 1.80 bits per heavy atom. The van der Waals surface area contributed by atoms with E-state index in [-0.39, 0.29) is 11.3 Å². The third-order valence-electron chi connectivity index (χ3n) is 4.87. The molecule has 150 valence electrons. The predicted octanol–water partition coefficient (Wildman–Crippen LogP) is 4.51. The highest BCUT2D eigenvalue weighted by Crippen LogP contribution is 2.25. The van der Waals surface area contributed by atoms with Gasteiger partial charge in [0.05, 0.1) is 16.1 Å². The highest BCUT2D eigenvalue weighted by atomic mass is 16.6. The first-order valence-electron chi connectivity index (χ1n) is 9.34. The van der Waals surface area contributed by atoms with Crippen LogP contribution in [0.5, 0.6) is 0 Å². The van der Waals surface area contributed by atoms with Crippen LogP contribution < -0.4 is 5.32 Å². The van der Waals surface area contributed by atoms with E-state index in [1.165, 1.54) is 18.2 Å². The summed E-state index contributed by atoms with van der Waals surface area (Å²) in [6.07, 6.45) is 0. The van der Waals surface area contributed by atoms with E-state index in [0.29, 0.717) is 17.3 Å². The zero-order valence-corrected chi connectivity index (χ0v) is 16.7. The second-order valence-corrected chi connectivity index (χ2v) is 7.08. The monoisotopic (exact) mass is 401 g/mol. The van der Waals surface area contributed by atoms with Crippen LogP contribution >= 0.6 is 0 Å². The molecule has 1 amide bonds. The van der Waals surface area contributed by atoms with Crippen molar-refractivity contribution in [2.75, 3.05) is 5.32 Å². The fourth-order valence-electron chi connectivity index (χ4n) is 3.42. The van der Waals surface area contributed by atoms with Crippen LogP contribution in [-0.4, -0.2) is 25.6 Å². The minimum absolute atomic E-state index is 0.0219. The number of amides is 1. The van der Waals surface area contributed by atoms with Gasteiger partial charge in [-0.25, -0.2) is 4.98 Å². The SMILES string of the molecule is Cc1cc(NC(=O)c2ccccc2[N+](=O)[O-])n(-c2cc(C)c3cccc(C)c3n2)n1. The van der Waals surface area contributed by atoms with Gasteiger partial charge in [0.2, 0.25) is 0 Å². The van der Waals surface area contributed by atoms with E-state index in [1.54, 1.807) is 23.7 Å². The smallest absolute Gasteiger partial charge is 0.282 e. The number of benzene rings is 2. The van der Waals surface area contributed by atoms with Gasteiger partial charge in [-0.1, -0.05) is 30.3 Å². The van der Waals surface area contributed by atoms with Gasteiger partial charge in [0, 0.05) is 17.5 Å². The number of carbonyl (C=O) groups excluding carboxylic acids is 1. The van der Waals surface area contributed by atoms with Crippen LogP contribution in [-0.2, 0) is 0 Å². The third kappa shape index (κ3) is 3.39. The Kier molecular flexibility index (Phi) is 4.75.